The van der Waals surface area contributed by atoms with E-state index in [1.807, 2.05) is 35.0 Å². The van der Waals surface area contributed by atoms with Crippen LogP contribution in [-0.2, 0) is 19.8 Å². The largest absolute Gasteiger partial charge is 0.330 e. The molecule has 24 heavy (non-hydrogen) atoms. The van der Waals surface area contributed by atoms with Gasteiger partial charge in [-0.25, -0.2) is 9.78 Å². The molecule has 8 heteroatoms. The summed E-state index contributed by atoms with van der Waals surface area (Å²) in [6.45, 7) is 0. The molecule has 0 unspecified atom stereocenters. The average Bonchev–Trinajstić information content (AvgIpc) is 3.04. The number of benzene rings is 1. The molecule has 0 atom stereocenters. The predicted octanol–water partition coefficient (Wildman–Crippen LogP) is 2.32. The van der Waals surface area contributed by atoms with Gasteiger partial charge in [0.2, 0.25) is 0 Å². The van der Waals surface area contributed by atoms with Gasteiger partial charge in [-0.1, -0.05) is 27.7 Å². The predicted molar refractivity (Wildman–Crippen MR) is 97.7 cm³/mol. The first kappa shape index (κ1) is 16.8. The summed E-state index contributed by atoms with van der Waals surface area (Å²) in [4.78, 5) is 28.2. The third-order valence-corrected chi connectivity index (χ3v) is 5.22. The number of halogens is 1. The zero-order valence-corrected chi connectivity index (χ0v) is 15.5. The lowest BCUT2D eigenvalue weighted by Gasteiger charge is -2.10. The quantitative estimate of drug-likeness (QED) is 0.623. The summed E-state index contributed by atoms with van der Waals surface area (Å²) in [7, 11) is 3.14. The lowest BCUT2D eigenvalue weighted by Crippen LogP contribution is -2.37. The second-order valence-electron chi connectivity index (χ2n) is 5.22. The van der Waals surface area contributed by atoms with Crippen LogP contribution in [0.4, 0.5) is 0 Å². The van der Waals surface area contributed by atoms with Crippen molar-refractivity contribution in [2.24, 2.45) is 14.1 Å². The molecule has 0 fully saturated rings. The Labute approximate surface area is 150 Å². The monoisotopic (exact) mass is 406 g/mol. The molecule has 6 nitrogen and oxygen atoms in total. The molecule has 0 saturated carbocycles. The van der Waals surface area contributed by atoms with Crippen molar-refractivity contribution in [1.29, 1.82) is 0 Å². The number of rotatable bonds is 4. The molecule has 0 amide bonds. The van der Waals surface area contributed by atoms with E-state index in [4.69, 9.17) is 0 Å². The fraction of sp³-hybridized carbons (Fsp3) is 0.188. The van der Waals surface area contributed by atoms with Gasteiger partial charge in [0.15, 0.2) is 5.16 Å². The maximum atomic E-state index is 12.0. The molecular weight excluding hydrogens is 392 g/mol. The van der Waals surface area contributed by atoms with E-state index in [0.717, 1.165) is 19.9 Å². The summed E-state index contributed by atoms with van der Waals surface area (Å²) in [5.74, 6) is 0.482. The molecule has 3 aromatic rings. The van der Waals surface area contributed by atoms with Crippen LogP contribution in [-0.4, -0.2) is 18.7 Å². The Balaban J connectivity index is 1.87. The fourth-order valence-electron chi connectivity index (χ4n) is 2.25. The Bertz CT molecular complexity index is 989. The molecule has 124 valence electrons. The van der Waals surface area contributed by atoms with Gasteiger partial charge in [-0.3, -0.25) is 18.5 Å². The maximum absolute atomic E-state index is 12.0. The van der Waals surface area contributed by atoms with E-state index in [-0.39, 0.29) is 11.2 Å². The summed E-state index contributed by atoms with van der Waals surface area (Å²) in [5, 5.41) is 0.797. The minimum Gasteiger partial charge on any atom is -0.300 e. The number of aromatic nitrogens is 4. The molecule has 0 N–H and O–H groups in total. The molecule has 0 radical (unpaired) electrons. The van der Waals surface area contributed by atoms with Crippen LogP contribution < -0.4 is 11.2 Å². The molecule has 0 saturated heterocycles. The number of nitrogens with zero attached hydrogens (tertiary/aromatic N) is 4. The van der Waals surface area contributed by atoms with Crippen LogP contribution in [0.15, 0.2) is 61.9 Å². The highest BCUT2D eigenvalue weighted by Gasteiger charge is 2.10. The van der Waals surface area contributed by atoms with Crippen molar-refractivity contribution in [3.63, 3.8) is 0 Å². The molecule has 0 aliphatic heterocycles. The molecule has 0 spiro atoms. The number of hydrogen-bond donors (Lipinski definition) is 0. The fourth-order valence-corrected chi connectivity index (χ4v) is 3.51. The second-order valence-corrected chi connectivity index (χ2v) is 7.08. The van der Waals surface area contributed by atoms with Gasteiger partial charge < -0.3 is 0 Å². The molecule has 2 aromatic heterocycles. The first-order valence-corrected chi connectivity index (χ1v) is 8.93. The van der Waals surface area contributed by atoms with E-state index in [1.165, 1.54) is 29.4 Å². The second kappa shape index (κ2) is 6.82. The average molecular weight is 407 g/mol. The molecule has 0 aliphatic rings. The molecule has 0 bridgehead atoms. The minimum absolute atomic E-state index is 0.301. The molecule has 3 rings (SSSR count). The van der Waals surface area contributed by atoms with Crippen LogP contribution in [0.25, 0.3) is 5.69 Å². The van der Waals surface area contributed by atoms with Crippen molar-refractivity contribution < 1.29 is 0 Å². The summed E-state index contributed by atoms with van der Waals surface area (Å²) >= 11 is 4.90. The third-order valence-electron chi connectivity index (χ3n) is 3.69. The van der Waals surface area contributed by atoms with E-state index in [0.29, 0.717) is 11.4 Å². The van der Waals surface area contributed by atoms with Gasteiger partial charge in [0.1, 0.15) is 0 Å². The van der Waals surface area contributed by atoms with Crippen LogP contribution in [0.1, 0.15) is 5.69 Å². The Morgan fingerprint density at radius 2 is 1.83 bits per heavy atom. The highest BCUT2D eigenvalue weighted by atomic mass is 79.9. The smallest absolute Gasteiger partial charge is 0.300 e. The van der Waals surface area contributed by atoms with Gasteiger partial charge in [0.25, 0.3) is 5.56 Å². The number of thioether (sulfide) groups is 1. The maximum Gasteiger partial charge on any atom is 0.330 e. The Hall–Kier alpha value is -2.06. The van der Waals surface area contributed by atoms with Crippen molar-refractivity contribution >= 4 is 27.7 Å². The van der Waals surface area contributed by atoms with Gasteiger partial charge in [-0.15, -0.1) is 0 Å². The summed E-state index contributed by atoms with van der Waals surface area (Å²) in [5.41, 5.74) is 1.04. The third kappa shape index (κ3) is 3.25. The SMILES string of the molecule is Cn1c(CSc2nccn2-c2ccc(Br)cc2)cc(=O)n(C)c1=O. The van der Waals surface area contributed by atoms with Crippen molar-refractivity contribution in [1.82, 2.24) is 18.7 Å². The standard InChI is InChI=1S/C16H15BrN4O2S/c1-19-13(9-14(22)20(2)16(19)23)10-24-15-18-7-8-21(15)12-5-3-11(17)4-6-12/h3-9H,10H2,1-2H3. The van der Waals surface area contributed by atoms with Crippen molar-refractivity contribution in [2.45, 2.75) is 10.9 Å². The first-order valence-electron chi connectivity index (χ1n) is 7.15. The zero-order chi connectivity index (χ0) is 17.3. The minimum atomic E-state index is -0.325. The van der Waals surface area contributed by atoms with E-state index >= 15 is 0 Å². The zero-order valence-electron chi connectivity index (χ0n) is 13.1. The number of imidazole rings is 1. The van der Waals surface area contributed by atoms with Gasteiger partial charge in [0, 0.05) is 54.2 Å². The highest BCUT2D eigenvalue weighted by molar-refractivity contribution is 9.10. The van der Waals surface area contributed by atoms with Gasteiger partial charge in [0.05, 0.1) is 0 Å². The summed E-state index contributed by atoms with van der Waals surface area (Å²) in [6.07, 6.45) is 3.61. The Morgan fingerprint density at radius 1 is 1.12 bits per heavy atom. The van der Waals surface area contributed by atoms with Crippen LogP contribution in [0.3, 0.4) is 0 Å². The van der Waals surface area contributed by atoms with Crippen molar-refractivity contribution in [2.75, 3.05) is 0 Å². The summed E-state index contributed by atoms with van der Waals surface area (Å²) < 4.78 is 5.56. The van der Waals surface area contributed by atoms with Gasteiger partial charge >= 0.3 is 5.69 Å². The van der Waals surface area contributed by atoms with E-state index in [1.54, 1.807) is 13.2 Å². The van der Waals surface area contributed by atoms with Crippen LogP contribution in [0, 0.1) is 0 Å². The summed E-state index contributed by atoms with van der Waals surface area (Å²) in [6, 6.07) is 9.40. The van der Waals surface area contributed by atoms with E-state index in [2.05, 4.69) is 20.9 Å². The highest BCUT2D eigenvalue weighted by Crippen LogP contribution is 2.24. The van der Waals surface area contributed by atoms with Crippen molar-refractivity contribution in [3.05, 3.63) is 73.7 Å². The topological polar surface area (TPSA) is 61.8 Å². The van der Waals surface area contributed by atoms with Crippen LogP contribution in [0.5, 0.6) is 0 Å². The van der Waals surface area contributed by atoms with Gasteiger partial charge in [-0.05, 0) is 24.3 Å². The lowest BCUT2D eigenvalue weighted by atomic mass is 10.3. The number of hydrogen-bond acceptors (Lipinski definition) is 4. The Kier molecular flexibility index (Phi) is 4.77. The van der Waals surface area contributed by atoms with Crippen LogP contribution >= 0.6 is 27.7 Å². The lowest BCUT2D eigenvalue weighted by molar-refractivity contribution is 0.665. The normalized spacial score (nSPS) is 11.0. The van der Waals surface area contributed by atoms with E-state index in [9.17, 15) is 9.59 Å². The first-order chi connectivity index (χ1) is 11.5. The molecule has 2 heterocycles. The molecule has 1 aromatic carbocycles. The molecular formula is C16H15BrN4O2S. The van der Waals surface area contributed by atoms with Crippen molar-refractivity contribution in [3.8, 4) is 5.69 Å². The Morgan fingerprint density at radius 3 is 2.54 bits per heavy atom. The van der Waals surface area contributed by atoms with Gasteiger partial charge in [-0.2, -0.15) is 0 Å². The van der Waals surface area contributed by atoms with E-state index < -0.39 is 0 Å². The molecule has 0 aliphatic carbocycles. The van der Waals surface area contributed by atoms with Crippen LogP contribution in [0.2, 0.25) is 0 Å².